The van der Waals surface area contributed by atoms with Crippen LogP contribution in [0.1, 0.15) is 11.1 Å². The van der Waals surface area contributed by atoms with Crippen molar-refractivity contribution in [3.05, 3.63) is 72.3 Å². The van der Waals surface area contributed by atoms with Crippen LogP contribution in [0.15, 0.2) is 61.2 Å². The van der Waals surface area contributed by atoms with Gasteiger partial charge in [0.25, 0.3) is 0 Å². The van der Waals surface area contributed by atoms with Gasteiger partial charge in [-0.15, -0.1) is 6.58 Å². The largest absolute Gasteiger partial charge is 0.508 e. The molecule has 0 fully saturated rings. The van der Waals surface area contributed by atoms with Crippen LogP contribution in [0.5, 0.6) is 11.5 Å². The van der Waals surface area contributed by atoms with Crippen molar-refractivity contribution in [3.8, 4) is 11.5 Å². The predicted octanol–water partition coefficient (Wildman–Crippen LogP) is 3.70. The molecule has 0 amide bonds. The Labute approximate surface area is 107 Å². The predicted molar refractivity (Wildman–Crippen MR) is 72.8 cm³/mol. The summed E-state index contributed by atoms with van der Waals surface area (Å²) in [6.45, 7) is 4.10. The maximum Gasteiger partial charge on any atom is 0.123 e. The number of ether oxygens (including phenoxy) is 1. The molecule has 2 aromatic carbocycles. The van der Waals surface area contributed by atoms with E-state index in [2.05, 4.69) is 6.58 Å². The Morgan fingerprint density at radius 2 is 1.67 bits per heavy atom. The number of para-hydroxylation sites is 2. The zero-order valence-electron chi connectivity index (χ0n) is 10.2. The Hall–Kier alpha value is -2.22. The number of aromatic hydroxyl groups is 1. The molecular formula is C16H16O2. The number of phenolic OH excluding ortho intramolecular Hbond substituents is 1. The monoisotopic (exact) mass is 240 g/mol. The second-order valence-electron chi connectivity index (χ2n) is 4.02. The number of benzene rings is 2. The van der Waals surface area contributed by atoms with E-state index in [-0.39, 0.29) is 5.75 Å². The van der Waals surface area contributed by atoms with Crippen LogP contribution in [0.3, 0.4) is 0 Å². The lowest BCUT2D eigenvalue weighted by Crippen LogP contribution is -1.98. The molecule has 2 nitrogen and oxygen atoms in total. The molecule has 0 spiro atoms. The molecule has 18 heavy (non-hydrogen) atoms. The van der Waals surface area contributed by atoms with Crippen molar-refractivity contribution in [1.82, 2.24) is 0 Å². The fourth-order valence-electron chi connectivity index (χ4n) is 1.76. The van der Waals surface area contributed by atoms with Crippen molar-refractivity contribution in [2.24, 2.45) is 0 Å². The van der Waals surface area contributed by atoms with E-state index in [1.54, 1.807) is 12.1 Å². The van der Waals surface area contributed by atoms with E-state index < -0.39 is 0 Å². The summed E-state index contributed by atoms with van der Waals surface area (Å²) in [6.07, 6.45) is 2.62. The second kappa shape index (κ2) is 5.92. The highest BCUT2D eigenvalue weighted by Gasteiger charge is 2.04. The van der Waals surface area contributed by atoms with Crippen molar-refractivity contribution in [2.75, 3.05) is 0 Å². The Bertz CT molecular complexity index is 532. The highest BCUT2D eigenvalue weighted by Crippen LogP contribution is 2.22. The van der Waals surface area contributed by atoms with Crippen LogP contribution in [-0.4, -0.2) is 5.11 Å². The molecule has 0 saturated heterocycles. The summed E-state index contributed by atoms with van der Waals surface area (Å²) in [6, 6.07) is 15.1. The van der Waals surface area contributed by atoms with Crippen LogP contribution < -0.4 is 4.74 Å². The molecule has 0 aliphatic heterocycles. The van der Waals surface area contributed by atoms with Crippen molar-refractivity contribution in [2.45, 2.75) is 13.0 Å². The molecule has 0 atom stereocenters. The average molecular weight is 240 g/mol. The molecule has 2 heteroatoms. The third-order valence-electron chi connectivity index (χ3n) is 2.71. The third-order valence-corrected chi connectivity index (χ3v) is 2.71. The Kier molecular flexibility index (Phi) is 4.02. The summed E-state index contributed by atoms with van der Waals surface area (Å²) < 4.78 is 5.75. The normalized spacial score (nSPS) is 10.0. The smallest absolute Gasteiger partial charge is 0.123 e. The first-order valence-corrected chi connectivity index (χ1v) is 5.89. The summed E-state index contributed by atoms with van der Waals surface area (Å²) in [5.41, 5.74) is 1.88. The molecule has 92 valence electrons. The number of hydrogen-bond donors (Lipinski definition) is 1. The summed E-state index contributed by atoms with van der Waals surface area (Å²) >= 11 is 0. The fraction of sp³-hybridized carbons (Fsp3) is 0.125. The van der Waals surface area contributed by atoms with Gasteiger partial charge in [0.05, 0.1) is 0 Å². The molecule has 2 aromatic rings. The Balaban J connectivity index is 2.11. The zero-order chi connectivity index (χ0) is 12.8. The van der Waals surface area contributed by atoms with E-state index >= 15 is 0 Å². The number of hydrogen-bond acceptors (Lipinski definition) is 2. The quantitative estimate of drug-likeness (QED) is 0.807. The van der Waals surface area contributed by atoms with E-state index in [1.807, 2.05) is 42.5 Å². The van der Waals surface area contributed by atoms with Crippen LogP contribution in [-0.2, 0) is 13.0 Å². The van der Waals surface area contributed by atoms with Gasteiger partial charge in [0, 0.05) is 5.56 Å². The molecule has 2 rings (SSSR count). The molecular weight excluding hydrogens is 224 g/mol. The molecule has 0 aromatic heterocycles. The fourth-order valence-corrected chi connectivity index (χ4v) is 1.76. The second-order valence-corrected chi connectivity index (χ2v) is 4.02. The van der Waals surface area contributed by atoms with Gasteiger partial charge in [0.2, 0.25) is 0 Å². The maximum atomic E-state index is 9.67. The van der Waals surface area contributed by atoms with Crippen LogP contribution in [0.2, 0.25) is 0 Å². The third kappa shape index (κ3) is 2.92. The highest BCUT2D eigenvalue weighted by atomic mass is 16.5. The van der Waals surface area contributed by atoms with Crippen LogP contribution in [0.4, 0.5) is 0 Å². The van der Waals surface area contributed by atoms with Crippen LogP contribution in [0.25, 0.3) is 0 Å². The van der Waals surface area contributed by atoms with E-state index in [0.29, 0.717) is 6.61 Å². The standard InChI is InChI=1S/C16H16O2/c1-2-7-13-8-4-6-11-16(13)18-12-14-9-3-5-10-15(14)17/h2-6,8-11,17H,1,7,12H2. The minimum absolute atomic E-state index is 0.263. The van der Waals surface area contributed by atoms with E-state index in [4.69, 9.17) is 4.74 Å². The Morgan fingerprint density at radius 1 is 1.00 bits per heavy atom. The molecule has 0 unspecified atom stereocenters. The first kappa shape index (κ1) is 12.2. The molecule has 1 N–H and O–H groups in total. The van der Waals surface area contributed by atoms with Gasteiger partial charge in [0.1, 0.15) is 18.1 Å². The van der Waals surface area contributed by atoms with Gasteiger partial charge in [-0.05, 0) is 24.1 Å². The number of rotatable bonds is 5. The lowest BCUT2D eigenvalue weighted by Gasteiger charge is -2.11. The van der Waals surface area contributed by atoms with E-state index in [1.165, 1.54) is 0 Å². The molecule has 0 aliphatic rings. The number of allylic oxidation sites excluding steroid dienone is 1. The Morgan fingerprint density at radius 3 is 2.39 bits per heavy atom. The van der Waals surface area contributed by atoms with E-state index in [9.17, 15) is 5.11 Å². The zero-order valence-corrected chi connectivity index (χ0v) is 10.2. The van der Waals surface area contributed by atoms with Gasteiger partial charge >= 0.3 is 0 Å². The molecule has 0 heterocycles. The van der Waals surface area contributed by atoms with Gasteiger partial charge in [-0.1, -0.05) is 42.5 Å². The van der Waals surface area contributed by atoms with Crippen molar-refractivity contribution >= 4 is 0 Å². The first-order chi connectivity index (χ1) is 8.81. The minimum atomic E-state index is 0.263. The van der Waals surface area contributed by atoms with E-state index in [0.717, 1.165) is 23.3 Å². The summed E-state index contributed by atoms with van der Waals surface area (Å²) in [5.74, 6) is 1.10. The maximum absolute atomic E-state index is 9.67. The highest BCUT2D eigenvalue weighted by molar-refractivity contribution is 5.36. The van der Waals surface area contributed by atoms with Gasteiger partial charge in [0.15, 0.2) is 0 Å². The summed E-state index contributed by atoms with van der Waals surface area (Å²) in [4.78, 5) is 0. The summed E-state index contributed by atoms with van der Waals surface area (Å²) in [7, 11) is 0. The van der Waals surface area contributed by atoms with Crippen molar-refractivity contribution in [3.63, 3.8) is 0 Å². The first-order valence-electron chi connectivity index (χ1n) is 5.89. The lowest BCUT2D eigenvalue weighted by molar-refractivity contribution is 0.296. The molecule has 0 saturated carbocycles. The topological polar surface area (TPSA) is 29.5 Å². The lowest BCUT2D eigenvalue weighted by atomic mass is 10.1. The van der Waals surface area contributed by atoms with Crippen molar-refractivity contribution < 1.29 is 9.84 Å². The minimum Gasteiger partial charge on any atom is -0.508 e. The molecule has 0 radical (unpaired) electrons. The number of phenols is 1. The summed E-state index contributed by atoms with van der Waals surface area (Å²) in [5, 5.41) is 9.67. The van der Waals surface area contributed by atoms with Gasteiger partial charge in [-0.25, -0.2) is 0 Å². The SMILES string of the molecule is C=CCc1ccccc1OCc1ccccc1O. The van der Waals surface area contributed by atoms with Crippen molar-refractivity contribution in [1.29, 1.82) is 0 Å². The average Bonchev–Trinajstić information content (AvgIpc) is 2.40. The van der Waals surface area contributed by atoms with Crippen LogP contribution >= 0.6 is 0 Å². The molecule has 0 aliphatic carbocycles. The van der Waals surface area contributed by atoms with Gasteiger partial charge in [-0.3, -0.25) is 0 Å². The molecule has 0 bridgehead atoms. The van der Waals surface area contributed by atoms with Crippen LogP contribution in [0, 0.1) is 0 Å². The van der Waals surface area contributed by atoms with Gasteiger partial charge < -0.3 is 9.84 Å². The van der Waals surface area contributed by atoms with Gasteiger partial charge in [-0.2, -0.15) is 0 Å².